The van der Waals surface area contributed by atoms with Gasteiger partial charge >= 0.3 is 0 Å². The van der Waals surface area contributed by atoms with Gasteiger partial charge in [0.15, 0.2) is 0 Å². The van der Waals surface area contributed by atoms with Gasteiger partial charge in [-0.2, -0.15) is 0 Å². The Morgan fingerprint density at radius 1 is 1.43 bits per heavy atom. The van der Waals surface area contributed by atoms with E-state index in [1.54, 1.807) is 19.2 Å². The van der Waals surface area contributed by atoms with Crippen LogP contribution in [0.2, 0.25) is 0 Å². The molecule has 3 nitrogen and oxygen atoms in total. The van der Waals surface area contributed by atoms with Gasteiger partial charge < -0.3 is 15.2 Å². The molecule has 1 aromatic rings. The predicted octanol–water partition coefficient (Wildman–Crippen LogP) is 1.55. The molecule has 0 fully saturated rings. The standard InChI is InChI=1S/C11H17NO2/c1-12-8-4-5-9-10(13)6-3-7-11(9)14-2/h3,6-7,12-13H,4-5,8H2,1-2H3. The lowest BCUT2D eigenvalue weighted by molar-refractivity contribution is 0.398. The Morgan fingerprint density at radius 3 is 2.86 bits per heavy atom. The van der Waals surface area contributed by atoms with E-state index in [1.165, 1.54) is 0 Å². The lowest BCUT2D eigenvalue weighted by Gasteiger charge is -2.09. The van der Waals surface area contributed by atoms with Crippen molar-refractivity contribution in [3.63, 3.8) is 0 Å². The molecule has 0 aliphatic carbocycles. The number of rotatable bonds is 5. The molecule has 0 aliphatic rings. The maximum absolute atomic E-state index is 9.62. The van der Waals surface area contributed by atoms with E-state index >= 15 is 0 Å². The summed E-state index contributed by atoms with van der Waals surface area (Å²) in [7, 11) is 3.54. The van der Waals surface area contributed by atoms with Crippen molar-refractivity contribution in [1.82, 2.24) is 5.32 Å². The highest BCUT2D eigenvalue weighted by Gasteiger charge is 2.06. The Kier molecular flexibility index (Phi) is 4.26. The lowest BCUT2D eigenvalue weighted by Crippen LogP contribution is -2.08. The van der Waals surface area contributed by atoms with Crippen molar-refractivity contribution in [2.45, 2.75) is 12.8 Å². The molecule has 0 radical (unpaired) electrons. The van der Waals surface area contributed by atoms with Crippen LogP contribution >= 0.6 is 0 Å². The van der Waals surface area contributed by atoms with E-state index < -0.39 is 0 Å². The highest BCUT2D eigenvalue weighted by Crippen LogP contribution is 2.28. The van der Waals surface area contributed by atoms with Crippen LogP contribution in [0.1, 0.15) is 12.0 Å². The minimum atomic E-state index is 0.320. The fourth-order valence-corrected chi connectivity index (χ4v) is 1.44. The number of nitrogens with one attached hydrogen (secondary N) is 1. The number of aromatic hydroxyl groups is 1. The Bertz CT molecular complexity index is 287. The van der Waals surface area contributed by atoms with Crippen molar-refractivity contribution in [2.24, 2.45) is 0 Å². The van der Waals surface area contributed by atoms with Crippen molar-refractivity contribution < 1.29 is 9.84 Å². The van der Waals surface area contributed by atoms with E-state index in [0.29, 0.717) is 5.75 Å². The number of phenols is 1. The third-order valence-corrected chi connectivity index (χ3v) is 2.18. The van der Waals surface area contributed by atoms with Gasteiger partial charge in [0.05, 0.1) is 7.11 Å². The summed E-state index contributed by atoms with van der Waals surface area (Å²) in [5, 5.41) is 12.7. The SMILES string of the molecule is CNCCCc1c(O)cccc1OC. The van der Waals surface area contributed by atoms with Gasteiger partial charge in [0.1, 0.15) is 11.5 Å². The first-order chi connectivity index (χ1) is 6.79. The van der Waals surface area contributed by atoms with Crippen molar-refractivity contribution >= 4 is 0 Å². The maximum Gasteiger partial charge on any atom is 0.125 e. The molecular formula is C11H17NO2. The average molecular weight is 195 g/mol. The van der Waals surface area contributed by atoms with Gasteiger partial charge in [-0.05, 0) is 38.6 Å². The topological polar surface area (TPSA) is 41.5 Å². The van der Waals surface area contributed by atoms with Gasteiger partial charge in [0.2, 0.25) is 0 Å². The molecule has 0 saturated heterocycles. The molecule has 0 bridgehead atoms. The van der Waals surface area contributed by atoms with Crippen LogP contribution in [0.4, 0.5) is 0 Å². The van der Waals surface area contributed by atoms with Crippen LogP contribution in [0, 0.1) is 0 Å². The quantitative estimate of drug-likeness (QED) is 0.700. The highest BCUT2D eigenvalue weighted by atomic mass is 16.5. The number of phenolic OH excluding ortho intramolecular Hbond substituents is 1. The molecule has 0 atom stereocenters. The van der Waals surface area contributed by atoms with E-state index in [-0.39, 0.29) is 0 Å². The summed E-state index contributed by atoms with van der Waals surface area (Å²) in [6.45, 7) is 0.942. The summed E-state index contributed by atoms with van der Waals surface area (Å²) in [6.07, 6.45) is 1.82. The van der Waals surface area contributed by atoms with Gasteiger partial charge in [-0.3, -0.25) is 0 Å². The first-order valence-electron chi connectivity index (χ1n) is 4.79. The van der Waals surface area contributed by atoms with Crippen LogP contribution in [0.5, 0.6) is 11.5 Å². The van der Waals surface area contributed by atoms with Gasteiger partial charge in [0, 0.05) is 5.56 Å². The predicted molar refractivity (Wildman–Crippen MR) is 56.9 cm³/mol. The smallest absolute Gasteiger partial charge is 0.125 e. The van der Waals surface area contributed by atoms with Crippen molar-refractivity contribution in [3.05, 3.63) is 23.8 Å². The molecule has 2 N–H and O–H groups in total. The number of hydrogen-bond donors (Lipinski definition) is 2. The summed E-state index contributed by atoms with van der Waals surface area (Å²) in [4.78, 5) is 0. The van der Waals surface area contributed by atoms with Crippen LogP contribution in [0.3, 0.4) is 0 Å². The minimum absolute atomic E-state index is 0.320. The van der Waals surface area contributed by atoms with Crippen molar-refractivity contribution in [2.75, 3.05) is 20.7 Å². The Balaban J connectivity index is 2.72. The van der Waals surface area contributed by atoms with Gasteiger partial charge in [-0.15, -0.1) is 0 Å². The molecule has 1 rings (SSSR count). The molecule has 14 heavy (non-hydrogen) atoms. The number of ether oxygens (including phenoxy) is 1. The molecule has 0 spiro atoms. The Labute approximate surface area is 84.7 Å². The summed E-state index contributed by atoms with van der Waals surface area (Å²) in [5.41, 5.74) is 0.894. The normalized spacial score (nSPS) is 10.1. The second-order valence-corrected chi connectivity index (χ2v) is 3.17. The molecule has 0 heterocycles. The van der Waals surface area contributed by atoms with Crippen molar-refractivity contribution in [1.29, 1.82) is 0 Å². The van der Waals surface area contributed by atoms with E-state index in [2.05, 4.69) is 5.32 Å². The molecular weight excluding hydrogens is 178 g/mol. The largest absolute Gasteiger partial charge is 0.508 e. The zero-order valence-electron chi connectivity index (χ0n) is 8.71. The summed E-state index contributed by atoms with van der Waals surface area (Å²) in [5.74, 6) is 1.08. The highest BCUT2D eigenvalue weighted by molar-refractivity contribution is 5.43. The average Bonchev–Trinajstić information content (AvgIpc) is 2.20. The summed E-state index contributed by atoms with van der Waals surface area (Å²) in [6, 6.07) is 5.35. The zero-order valence-corrected chi connectivity index (χ0v) is 8.71. The zero-order chi connectivity index (χ0) is 10.4. The van der Waals surface area contributed by atoms with Crippen LogP contribution in [-0.2, 0) is 6.42 Å². The molecule has 1 aromatic carbocycles. The summed E-state index contributed by atoms with van der Waals surface area (Å²) < 4.78 is 5.18. The molecule has 0 unspecified atom stereocenters. The van der Waals surface area contributed by atoms with Gasteiger partial charge in [-0.1, -0.05) is 6.07 Å². The first-order valence-corrected chi connectivity index (χ1v) is 4.79. The van der Waals surface area contributed by atoms with E-state index in [1.807, 2.05) is 13.1 Å². The van der Waals surface area contributed by atoms with Crippen LogP contribution in [-0.4, -0.2) is 25.8 Å². The Morgan fingerprint density at radius 2 is 2.21 bits per heavy atom. The van der Waals surface area contributed by atoms with Gasteiger partial charge in [0.25, 0.3) is 0 Å². The van der Waals surface area contributed by atoms with Crippen molar-refractivity contribution in [3.8, 4) is 11.5 Å². The number of hydrogen-bond acceptors (Lipinski definition) is 3. The molecule has 0 amide bonds. The third-order valence-electron chi connectivity index (χ3n) is 2.18. The van der Waals surface area contributed by atoms with Crippen LogP contribution in [0.25, 0.3) is 0 Å². The van der Waals surface area contributed by atoms with Crippen LogP contribution in [0.15, 0.2) is 18.2 Å². The maximum atomic E-state index is 9.62. The molecule has 3 heteroatoms. The second kappa shape index (κ2) is 5.50. The third kappa shape index (κ3) is 2.64. The van der Waals surface area contributed by atoms with Gasteiger partial charge in [-0.25, -0.2) is 0 Å². The Hall–Kier alpha value is -1.22. The second-order valence-electron chi connectivity index (χ2n) is 3.17. The van der Waals surface area contributed by atoms with E-state index in [0.717, 1.165) is 30.7 Å². The summed E-state index contributed by atoms with van der Waals surface area (Å²) >= 11 is 0. The molecule has 0 aromatic heterocycles. The number of benzene rings is 1. The fraction of sp³-hybridized carbons (Fsp3) is 0.455. The molecule has 0 aliphatic heterocycles. The first kappa shape index (κ1) is 10.9. The minimum Gasteiger partial charge on any atom is -0.508 e. The molecule has 0 saturated carbocycles. The fourth-order valence-electron chi connectivity index (χ4n) is 1.44. The van der Waals surface area contributed by atoms with Crippen LogP contribution < -0.4 is 10.1 Å². The molecule has 78 valence electrons. The van der Waals surface area contributed by atoms with E-state index in [9.17, 15) is 5.11 Å². The monoisotopic (exact) mass is 195 g/mol. The number of methoxy groups -OCH3 is 1. The van der Waals surface area contributed by atoms with E-state index in [4.69, 9.17) is 4.74 Å². The lowest BCUT2D eigenvalue weighted by atomic mass is 10.1.